The number of aliphatic carboxylic acids is 1. The number of esters is 2. The van der Waals surface area contributed by atoms with Gasteiger partial charge in [0.25, 0.3) is 6.47 Å². The van der Waals surface area contributed by atoms with Crippen molar-refractivity contribution < 1.29 is 207 Å². The van der Waals surface area contributed by atoms with E-state index < -0.39 is 86.9 Å². The van der Waals surface area contributed by atoms with Crippen molar-refractivity contribution in [1.29, 1.82) is 0 Å². The number of ketones is 2. The van der Waals surface area contributed by atoms with E-state index in [0.29, 0.717) is 62.3 Å². The van der Waals surface area contributed by atoms with Gasteiger partial charge in [-0.2, -0.15) is 12.6 Å². The maximum atomic E-state index is 11.4. The number of thioether (sulfide) groups is 3. The normalized spacial score (nSPS) is 14.4. The number of alkyl carbamates (subject to hydrolysis) is 2. The van der Waals surface area contributed by atoms with Crippen LogP contribution in [0.25, 0.3) is 0 Å². The van der Waals surface area contributed by atoms with Gasteiger partial charge in [-0.3, -0.25) is 28.8 Å². The third-order valence-electron chi connectivity index (χ3n) is 13.5. The molecule has 2 amide bonds. The van der Waals surface area contributed by atoms with Crippen molar-refractivity contribution in [2.45, 2.75) is 121 Å². The van der Waals surface area contributed by atoms with Crippen LogP contribution in [0.3, 0.4) is 0 Å². The summed E-state index contributed by atoms with van der Waals surface area (Å²) in [6.07, 6.45) is 5.43. The zero-order valence-corrected chi connectivity index (χ0v) is 80.3. The average molecular weight is 2010 g/mol. The van der Waals surface area contributed by atoms with Crippen LogP contribution < -0.4 is 77.0 Å². The maximum absolute atomic E-state index is 11.4. The first-order valence-electron chi connectivity index (χ1n) is 36.4. The number of carbonyl (C=O) groups excluding carboxylic acids is 14. The summed E-state index contributed by atoms with van der Waals surface area (Å²) >= 11 is 28.6. The number of ether oxygens (including phenoxy) is 18. The maximum Gasteiger partial charge on any atom is 1.00 e. The molecule has 0 unspecified atom stereocenters. The first-order chi connectivity index (χ1) is 58.6. The number of nitrogens with two attached hydrogens (primary N) is 2. The second-order valence-electron chi connectivity index (χ2n) is 22.9. The van der Waals surface area contributed by atoms with E-state index in [0.717, 1.165) is 86.1 Å². The minimum atomic E-state index is -1.14. The summed E-state index contributed by atoms with van der Waals surface area (Å²) in [5, 5.41) is 24.8. The number of halogens is 4. The van der Waals surface area contributed by atoms with Crippen LogP contribution in [0, 0.1) is 0 Å². The largest absolute Gasteiger partial charge is 1.00 e. The number of cyclic esters (lactones) is 4. The fourth-order valence-corrected chi connectivity index (χ4v) is 9.89. The zero-order valence-electron chi connectivity index (χ0n) is 71.1. The molecule has 0 radical (unpaired) electrons. The summed E-state index contributed by atoms with van der Waals surface area (Å²) in [4.78, 5) is 162. The van der Waals surface area contributed by atoms with E-state index in [2.05, 4.69) is 103 Å². The standard InChI is InChI=1S/C15H21NO5.C14H15NO7.C9H17NO4S.C8H11NO6S.C7H13NO5S.3C4H8O.C3H7NOS2.C2H4Cl2O.CCl2O.CH2O3.2CH4.Na.H2O/c1-11(17)14(16-2)10-12-4-6-13(7-5-12)21-15(18)20-9-8-19-3;1-19-6-7-20-14(18)21-10-4-2-9(3-5-10)8-11-12(16)22-13(17)15-11;1-7(11)8(10-2)6-15-9(12)14-5-4-13-3;1-13-2-3-14-8(12)16-4-5-6(10)15-7(11)9-5;1-12-2-3-13-7(11)14-4-5(8)6(9)10;3*1-2-4-5-3-1;4-2(1-6)3(5)7;1-5-2(3)4;2-1(3)4;2-1-4-3;;;;/h4-7,14,16H,8-10H2,1-3H3;2-5,11H,6-8H2,1H3,(H,15,17);8,10H,4-6H2,1-3H3;5H,2-4H2,1H3,(H,9,11);5H,2-4,8H2,1H3,(H,9,10);3*1-4H2;2,6H,1,4H2,(H,5,7);2H,1H3;;1,3H;2*1H4;;1H2/q;;;;;;;;;;;;;;+1;/p-1/t14-;11-;8-;2*5-;;;;2-;;;;;;;/m00000...0......./s1. The van der Waals surface area contributed by atoms with Gasteiger partial charge >= 0.3 is 92.6 Å². The first kappa shape index (κ1) is 139. The van der Waals surface area contributed by atoms with Gasteiger partial charge in [0.1, 0.15) is 74.2 Å². The summed E-state index contributed by atoms with van der Waals surface area (Å²) in [6.45, 7) is 11.3. The number of rotatable bonds is 36. The van der Waals surface area contributed by atoms with Crippen LogP contribution in [0.15, 0.2) is 48.5 Å². The number of nitrogens with one attached hydrogen (secondary N) is 4. The Morgan fingerprint density at radius 3 is 1.12 bits per heavy atom. The average Bonchev–Trinajstić information content (AvgIpc) is 1.78. The topological polar surface area (TPSA) is 606 Å². The fourth-order valence-electron chi connectivity index (χ4n) is 7.30. The summed E-state index contributed by atoms with van der Waals surface area (Å²) in [5.74, 6) is -0.780. The molecule has 730 valence electrons. The van der Waals surface area contributed by atoms with E-state index in [1.54, 1.807) is 57.4 Å². The van der Waals surface area contributed by atoms with Gasteiger partial charge in [-0.05, 0) is 167 Å². The predicted octanol–water partition coefficient (Wildman–Crippen LogP) is 4.28. The van der Waals surface area contributed by atoms with E-state index >= 15 is 0 Å². The van der Waals surface area contributed by atoms with Gasteiger partial charge < -0.3 is 139 Å². The molecule has 5 aliphatic heterocycles. The number of likely N-dealkylation sites (N-methyl/N-ethyl adjacent to an activating group) is 2. The molecule has 53 heteroatoms. The van der Waals surface area contributed by atoms with Crippen molar-refractivity contribution in [1.82, 2.24) is 21.3 Å². The Balaban J connectivity index is -0.000000178. The number of hydrogen-bond donors (Lipinski definition) is 9. The minimum absolute atomic E-state index is 0. The molecule has 43 nitrogen and oxygen atoms in total. The molecule has 2 aromatic carbocycles. The zero-order chi connectivity index (χ0) is 94.0. The molecule has 2 aromatic rings. The van der Waals surface area contributed by atoms with Crippen LogP contribution in [0.4, 0.5) is 38.4 Å². The van der Waals surface area contributed by atoms with E-state index in [1.807, 2.05) is 12.1 Å². The molecule has 0 spiro atoms. The van der Waals surface area contributed by atoms with Gasteiger partial charge in [-0.25, -0.2) is 43.2 Å². The van der Waals surface area contributed by atoms with E-state index in [4.69, 9.17) is 111 Å². The van der Waals surface area contributed by atoms with Gasteiger partial charge in [0.2, 0.25) is 10.1 Å². The number of carboxylic acid groups (broad SMARTS) is 1. The van der Waals surface area contributed by atoms with Crippen molar-refractivity contribution >= 4 is 193 Å². The molecule has 127 heavy (non-hydrogen) atoms. The molecule has 0 bridgehead atoms. The number of benzene rings is 2. The monoisotopic (exact) mass is 2010 g/mol. The molecule has 11 N–H and O–H groups in total. The number of alkyl halides is 2. The Labute approximate surface area is 805 Å². The van der Waals surface area contributed by atoms with E-state index in [1.165, 1.54) is 88.1 Å². The molecule has 5 fully saturated rings. The number of carbonyl (C=O) groups is 15. The molecule has 5 heterocycles. The van der Waals surface area contributed by atoms with Gasteiger partial charge in [-0.15, -0.1) is 12.6 Å². The second kappa shape index (κ2) is 97.7. The second-order valence-corrected chi connectivity index (χ2v) is 28.5. The quantitative estimate of drug-likeness (QED) is 0.00374. The van der Waals surface area contributed by atoms with Gasteiger partial charge in [-0.1, -0.05) is 62.3 Å². The van der Waals surface area contributed by atoms with Crippen LogP contribution in [-0.2, 0) is 127 Å². The molecule has 5 aliphatic rings. The summed E-state index contributed by atoms with van der Waals surface area (Å²) in [6, 6.07) is 9.89. The van der Waals surface area contributed by atoms with Crippen LogP contribution in [0.2, 0.25) is 0 Å². The third-order valence-corrected chi connectivity index (χ3v) is 17.2. The first-order valence-corrected chi connectivity index (χ1v) is 42.0. The number of Topliss-reactive ketones (excluding diaryl/α,β-unsaturated/α-hetero) is 2. The van der Waals surface area contributed by atoms with Gasteiger partial charge in [0, 0.05) is 112 Å². The number of amides is 2. The van der Waals surface area contributed by atoms with Crippen LogP contribution >= 0.6 is 107 Å². The van der Waals surface area contributed by atoms with Crippen molar-refractivity contribution in [3.05, 3.63) is 59.7 Å². The van der Waals surface area contributed by atoms with Gasteiger partial charge in [0.05, 0.1) is 51.2 Å². The van der Waals surface area contributed by atoms with Gasteiger partial charge in [0.15, 0.2) is 0 Å². The Kier molecular flexibility index (Phi) is 107. The van der Waals surface area contributed by atoms with Crippen molar-refractivity contribution in [2.24, 2.45) is 11.5 Å². The van der Waals surface area contributed by atoms with Crippen molar-refractivity contribution in [3.8, 4) is 11.5 Å². The number of carboxylic acids is 1. The molecular formula is C74H123Cl4N6NaO37S5. The number of thiol groups is 2. The van der Waals surface area contributed by atoms with E-state index in [-0.39, 0.29) is 142 Å². The molecule has 0 aliphatic carbocycles. The predicted molar refractivity (Wildman–Crippen MR) is 474 cm³/mol. The van der Waals surface area contributed by atoms with Crippen molar-refractivity contribution in [3.63, 3.8) is 0 Å². The SMILES string of the molecule is C.C.C1CCOC1.C1CCOC1.C1CCOC1.CN[C@@H](CSC(=O)OCCOC)C(C)=O.CN[C@@H](Cc1ccc(OC(=O)OCCOC)cc1)C(C)=O.COC(Cl)Cl.COCCOC(=O)Oc1ccc(C[C@@H]2NC(=O)OC2=O)cc1.COCCOC(=O)SC[C@@H]1NC(=O)OC1=O.COCCOC(=O)SC[C@H](N)C(=O)O.N[C@@H](CS)C(=O)S.O.O=C(Cl)Cl.O=CO[O-].[Na+]. The Bertz CT molecular complexity index is 3170. The molecule has 5 saturated heterocycles. The minimum Gasteiger partial charge on any atom is -0.662 e. The van der Waals surface area contributed by atoms with Crippen LogP contribution in [-0.4, -0.2) is 323 Å². The molecule has 0 aromatic heterocycles. The Morgan fingerprint density at radius 1 is 0.551 bits per heavy atom. The number of hydrogen-bond acceptors (Lipinski definition) is 43. The van der Waals surface area contributed by atoms with Crippen LogP contribution in [0.5, 0.6) is 11.5 Å². The summed E-state index contributed by atoms with van der Waals surface area (Å²) in [7, 11) is 12.4. The Morgan fingerprint density at radius 2 is 0.866 bits per heavy atom. The Hall–Kier alpha value is -5.80. The molecule has 7 rings (SSSR count). The number of methoxy groups -OCH3 is 6. The smallest absolute Gasteiger partial charge is 0.662 e. The third kappa shape index (κ3) is 93.2. The summed E-state index contributed by atoms with van der Waals surface area (Å²) < 4.78 is 84.1. The molecule has 0 saturated carbocycles. The van der Waals surface area contributed by atoms with E-state index in [9.17, 15) is 62.3 Å². The van der Waals surface area contributed by atoms with Crippen molar-refractivity contribution in [2.75, 3.05) is 185 Å². The molecule has 6 atom stereocenters. The fraction of sp³-hybridized carbons (Fsp3) is 0.635. The van der Waals surface area contributed by atoms with Crippen LogP contribution in [0.1, 0.15) is 78.4 Å². The summed E-state index contributed by atoms with van der Waals surface area (Å²) in [5.41, 5.74) is 12.0. The molecular weight excluding hydrogens is 1890 g/mol.